The van der Waals surface area contributed by atoms with Gasteiger partial charge in [0.2, 0.25) is 0 Å². The van der Waals surface area contributed by atoms with E-state index < -0.39 is 33.2 Å². The Morgan fingerprint density at radius 3 is 2.38 bits per heavy atom. The largest absolute Gasteiger partial charge is 0.480 e. The number of nitro benzene ring substituents is 2. The molecule has 0 saturated carbocycles. The second-order valence-corrected chi connectivity index (χ2v) is 5.45. The lowest BCUT2D eigenvalue weighted by atomic mass is 10.1. The lowest BCUT2D eigenvalue weighted by Gasteiger charge is -2.15. The molecule has 0 aliphatic carbocycles. The van der Waals surface area contributed by atoms with Crippen molar-refractivity contribution in [2.45, 2.75) is 51.5 Å². The van der Waals surface area contributed by atoms with E-state index in [4.69, 9.17) is 0 Å². The number of non-ortho nitro benzene ring substituents is 1. The van der Waals surface area contributed by atoms with Crippen molar-refractivity contribution in [3.8, 4) is 0 Å². The molecule has 0 aromatic heterocycles. The molecule has 0 heterocycles. The highest BCUT2D eigenvalue weighted by Gasteiger charge is 2.24. The van der Waals surface area contributed by atoms with Crippen LogP contribution < -0.4 is 5.32 Å². The van der Waals surface area contributed by atoms with Crippen molar-refractivity contribution >= 4 is 23.0 Å². The monoisotopic (exact) mass is 339 g/mol. The van der Waals surface area contributed by atoms with Crippen LogP contribution in [0.25, 0.3) is 0 Å². The van der Waals surface area contributed by atoms with Gasteiger partial charge in [0.05, 0.1) is 15.9 Å². The standard InChI is InChI=1S/C15H21N3O6/c1-2-3-4-5-6-7-13(15(19)20)16-12-9-8-11(17(21)22)10-14(12)18(23)24/h8-10,13,16H,2-7H2,1H3,(H,19,20)/t13-/m0/s1. The Morgan fingerprint density at radius 1 is 1.17 bits per heavy atom. The third-order valence-corrected chi connectivity index (χ3v) is 3.61. The van der Waals surface area contributed by atoms with E-state index in [1.54, 1.807) is 0 Å². The second kappa shape index (κ2) is 9.43. The Hall–Kier alpha value is -2.71. The Bertz CT molecular complexity index is 605. The third-order valence-electron chi connectivity index (χ3n) is 3.61. The van der Waals surface area contributed by atoms with Crippen molar-refractivity contribution in [3.05, 3.63) is 38.4 Å². The van der Waals surface area contributed by atoms with E-state index in [0.29, 0.717) is 12.8 Å². The normalized spacial score (nSPS) is 11.7. The number of nitro groups is 2. The Labute approximate surface area is 139 Å². The van der Waals surface area contributed by atoms with E-state index in [-0.39, 0.29) is 5.69 Å². The molecule has 1 rings (SSSR count). The lowest BCUT2D eigenvalue weighted by Crippen LogP contribution is -2.29. The number of benzene rings is 1. The van der Waals surface area contributed by atoms with Gasteiger partial charge in [-0.25, -0.2) is 4.79 Å². The summed E-state index contributed by atoms with van der Waals surface area (Å²) in [4.78, 5) is 31.6. The molecule has 0 bridgehead atoms. The van der Waals surface area contributed by atoms with Gasteiger partial charge in [-0.2, -0.15) is 0 Å². The van der Waals surface area contributed by atoms with Crippen LogP contribution in [0.5, 0.6) is 0 Å². The number of carboxylic acid groups (broad SMARTS) is 1. The molecule has 0 amide bonds. The van der Waals surface area contributed by atoms with Crippen LogP contribution in [0.15, 0.2) is 18.2 Å². The van der Waals surface area contributed by atoms with Crippen molar-refractivity contribution in [2.75, 3.05) is 5.32 Å². The first-order chi connectivity index (χ1) is 11.4. The minimum atomic E-state index is -1.11. The van der Waals surface area contributed by atoms with Gasteiger partial charge < -0.3 is 10.4 Å². The van der Waals surface area contributed by atoms with E-state index in [9.17, 15) is 30.1 Å². The van der Waals surface area contributed by atoms with Crippen molar-refractivity contribution in [1.29, 1.82) is 0 Å². The van der Waals surface area contributed by atoms with E-state index >= 15 is 0 Å². The van der Waals surface area contributed by atoms with Crippen LogP contribution in [0.1, 0.15) is 45.4 Å². The van der Waals surface area contributed by atoms with Crippen molar-refractivity contribution < 1.29 is 19.7 Å². The smallest absolute Gasteiger partial charge is 0.326 e. The molecule has 0 spiro atoms. The highest BCUT2D eigenvalue weighted by Crippen LogP contribution is 2.30. The fourth-order valence-corrected chi connectivity index (χ4v) is 2.30. The highest BCUT2D eigenvalue weighted by atomic mass is 16.6. The van der Waals surface area contributed by atoms with E-state index in [1.807, 2.05) is 0 Å². The highest BCUT2D eigenvalue weighted by molar-refractivity contribution is 5.79. The van der Waals surface area contributed by atoms with Gasteiger partial charge in [-0.1, -0.05) is 39.0 Å². The number of carboxylic acids is 1. The first-order valence-corrected chi connectivity index (χ1v) is 7.79. The van der Waals surface area contributed by atoms with Gasteiger partial charge in [0.15, 0.2) is 0 Å². The summed E-state index contributed by atoms with van der Waals surface area (Å²) in [7, 11) is 0. The molecular formula is C15H21N3O6. The maximum Gasteiger partial charge on any atom is 0.326 e. The lowest BCUT2D eigenvalue weighted by molar-refractivity contribution is -0.393. The molecule has 0 unspecified atom stereocenters. The summed E-state index contributed by atoms with van der Waals surface area (Å²) in [6.07, 6.45) is 5.08. The fraction of sp³-hybridized carbons (Fsp3) is 0.533. The Kier molecular flexibility index (Phi) is 7.60. The summed E-state index contributed by atoms with van der Waals surface area (Å²) in [6, 6.07) is 2.12. The maximum absolute atomic E-state index is 11.3. The Morgan fingerprint density at radius 2 is 1.83 bits per heavy atom. The topological polar surface area (TPSA) is 136 Å². The first-order valence-electron chi connectivity index (χ1n) is 7.79. The van der Waals surface area contributed by atoms with Crippen LogP contribution in [0.3, 0.4) is 0 Å². The molecule has 0 aliphatic rings. The summed E-state index contributed by atoms with van der Waals surface area (Å²) in [5, 5.41) is 33.7. The number of unbranched alkanes of at least 4 members (excludes halogenated alkanes) is 4. The van der Waals surface area contributed by atoms with Crippen molar-refractivity contribution in [3.63, 3.8) is 0 Å². The van der Waals surface area contributed by atoms with Crippen LogP contribution in [-0.2, 0) is 4.79 Å². The summed E-state index contributed by atoms with van der Waals surface area (Å²) >= 11 is 0. The van der Waals surface area contributed by atoms with Crippen LogP contribution in [0, 0.1) is 20.2 Å². The second-order valence-electron chi connectivity index (χ2n) is 5.45. The average molecular weight is 339 g/mol. The van der Waals surface area contributed by atoms with E-state index in [0.717, 1.165) is 37.8 Å². The van der Waals surface area contributed by atoms with Crippen LogP contribution in [0.2, 0.25) is 0 Å². The van der Waals surface area contributed by atoms with Gasteiger partial charge in [0.1, 0.15) is 11.7 Å². The molecule has 1 aromatic carbocycles. The van der Waals surface area contributed by atoms with Gasteiger partial charge in [0.25, 0.3) is 11.4 Å². The van der Waals surface area contributed by atoms with Crippen LogP contribution >= 0.6 is 0 Å². The number of aliphatic carboxylic acids is 1. The summed E-state index contributed by atoms with van der Waals surface area (Å²) in [5.41, 5.74) is -0.966. The predicted octanol–water partition coefficient (Wildman–Crippen LogP) is 3.73. The van der Waals surface area contributed by atoms with Gasteiger partial charge in [-0.05, 0) is 12.5 Å². The number of anilines is 1. The molecule has 0 saturated heterocycles. The molecule has 2 N–H and O–H groups in total. The van der Waals surface area contributed by atoms with Crippen molar-refractivity contribution in [1.82, 2.24) is 0 Å². The third kappa shape index (κ3) is 5.82. The predicted molar refractivity (Wildman–Crippen MR) is 88.2 cm³/mol. The number of carbonyl (C=O) groups is 1. The average Bonchev–Trinajstić information content (AvgIpc) is 2.53. The first kappa shape index (κ1) is 19.3. The molecule has 1 atom stereocenters. The van der Waals surface area contributed by atoms with E-state index in [2.05, 4.69) is 12.2 Å². The maximum atomic E-state index is 11.3. The van der Waals surface area contributed by atoms with Crippen LogP contribution in [-0.4, -0.2) is 27.0 Å². The SMILES string of the molecule is CCCCCCC[C@H](Nc1ccc([N+](=O)[O-])cc1[N+](=O)[O-])C(=O)O. The molecule has 9 heteroatoms. The summed E-state index contributed by atoms with van der Waals surface area (Å²) in [5.74, 6) is -1.11. The molecular weight excluding hydrogens is 318 g/mol. The number of hydrogen-bond acceptors (Lipinski definition) is 6. The number of nitrogens with one attached hydrogen (secondary N) is 1. The Balaban J connectivity index is 2.84. The van der Waals surface area contributed by atoms with Gasteiger partial charge >= 0.3 is 5.97 Å². The number of hydrogen-bond donors (Lipinski definition) is 2. The molecule has 132 valence electrons. The van der Waals surface area contributed by atoms with Gasteiger partial charge in [-0.15, -0.1) is 0 Å². The number of nitrogens with zero attached hydrogens (tertiary/aromatic N) is 2. The molecule has 0 aliphatic heterocycles. The molecule has 0 radical (unpaired) electrons. The minimum absolute atomic E-state index is 0.0356. The fourth-order valence-electron chi connectivity index (χ4n) is 2.30. The van der Waals surface area contributed by atoms with Crippen LogP contribution in [0.4, 0.5) is 17.1 Å². The van der Waals surface area contributed by atoms with Gasteiger partial charge in [-0.3, -0.25) is 20.2 Å². The zero-order chi connectivity index (χ0) is 18.1. The quantitative estimate of drug-likeness (QED) is 0.356. The van der Waals surface area contributed by atoms with E-state index in [1.165, 1.54) is 6.07 Å². The van der Waals surface area contributed by atoms with Gasteiger partial charge in [0, 0.05) is 6.07 Å². The molecule has 1 aromatic rings. The molecule has 0 fully saturated rings. The number of rotatable bonds is 11. The summed E-state index contributed by atoms with van der Waals surface area (Å²) in [6.45, 7) is 2.08. The molecule has 24 heavy (non-hydrogen) atoms. The van der Waals surface area contributed by atoms with Crippen molar-refractivity contribution in [2.24, 2.45) is 0 Å². The zero-order valence-corrected chi connectivity index (χ0v) is 13.4. The summed E-state index contributed by atoms with van der Waals surface area (Å²) < 4.78 is 0. The zero-order valence-electron chi connectivity index (χ0n) is 13.4. The minimum Gasteiger partial charge on any atom is -0.480 e. The molecule has 9 nitrogen and oxygen atoms in total.